The lowest BCUT2D eigenvalue weighted by molar-refractivity contribution is -0.365. The van der Waals surface area contributed by atoms with E-state index >= 15 is 0 Å². The van der Waals surface area contributed by atoms with Gasteiger partial charge < -0.3 is 9.68 Å². The normalized spacial score (nSPS) is 18.9. The second kappa shape index (κ2) is 3.64. The summed E-state index contributed by atoms with van der Waals surface area (Å²) in [6.45, 7) is 0. The largest absolute Gasteiger partial charge is 0.492 e. The van der Waals surface area contributed by atoms with Crippen molar-refractivity contribution in [3.8, 4) is 0 Å². The third-order valence-corrected chi connectivity index (χ3v) is 2.69. The molecule has 0 aromatic heterocycles. The first-order chi connectivity index (χ1) is 8.11. The Hall–Kier alpha value is -1.22. The molecule has 2 nitrogen and oxygen atoms in total. The van der Waals surface area contributed by atoms with E-state index < -0.39 is 36.1 Å². The number of alkyl halides is 6. The smallest absolute Gasteiger partial charge is 0.423 e. The molecule has 0 aliphatic carbocycles. The fourth-order valence-corrected chi connectivity index (χ4v) is 1.93. The van der Waals surface area contributed by atoms with Crippen LogP contribution in [0.3, 0.4) is 0 Å². The van der Waals surface area contributed by atoms with Crippen molar-refractivity contribution >= 4 is 12.6 Å². The van der Waals surface area contributed by atoms with Crippen LogP contribution in [0, 0.1) is 0 Å². The maximum atomic E-state index is 12.8. The standard InChI is InChI=1S/C9H5BF6O2/c11-8(12,13)7(9(14,15)16)5-3-1-2-4-6(5)10(17)18-7/h1-4,17H. The third kappa shape index (κ3) is 1.53. The first kappa shape index (κ1) is 13.2. The van der Waals surface area contributed by atoms with E-state index in [0.717, 1.165) is 12.1 Å². The molecule has 0 spiro atoms. The van der Waals surface area contributed by atoms with Gasteiger partial charge in [-0.15, -0.1) is 0 Å². The van der Waals surface area contributed by atoms with Crippen LogP contribution < -0.4 is 5.46 Å². The molecule has 0 bridgehead atoms. The van der Waals surface area contributed by atoms with Gasteiger partial charge in [-0.1, -0.05) is 24.3 Å². The molecule has 0 atom stereocenters. The number of hydrogen-bond acceptors (Lipinski definition) is 2. The van der Waals surface area contributed by atoms with Crippen LogP contribution in [0.25, 0.3) is 0 Å². The van der Waals surface area contributed by atoms with Crippen molar-refractivity contribution in [3.05, 3.63) is 29.8 Å². The van der Waals surface area contributed by atoms with E-state index in [1.807, 2.05) is 0 Å². The van der Waals surface area contributed by atoms with Gasteiger partial charge in [-0.25, -0.2) is 0 Å². The monoisotopic (exact) mass is 270 g/mol. The van der Waals surface area contributed by atoms with Crippen molar-refractivity contribution in [2.45, 2.75) is 18.0 Å². The highest BCUT2D eigenvalue weighted by Crippen LogP contribution is 2.54. The van der Waals surface area contributed by atoms with Crippen LogP contribution in [0.15, 0.2) is 24.3 Å². The molecule has 9 heteroatoms. The van der Waals surface area contributed by atoms with Gasteiger partial charge in [-0.2, -0.15) is 26.3 Å². The van der Waals surface area contributed by atoms with E-state index in [2.05, 4.69) is 4.65 Å². The van der Waals surface area contributed by atoms with Gasteiger partial charge in [-0.3, -0.25) is 0 Å². The molecule has 1 aromatic carbocycles. The molecule has 1 aliphatic rings. The average molecular weight is 270 g/mol. The van der Waals surface area contributed by atoms with Crippen LogP contribution in [0.5, 0.6) is 0 Å². The molecule has 0 radical (unpaired) electrons. The van der Waals surface area contributed by atoms with Crippen LogP contribution in [0.2, 0.25) is 0 Å². The van der Waals surface area contributed by atoms with Crippen molar-refractivity contribution < 1.29 is 36.0 Å². The van der Waals surface area contributed by atoms with Crippen LogP contribution >= 0.6 is 0 Å². The quantitative estimate of drug-likeness (QED) is 0.574. The lowest BCUT2D eigenvalue weighted by Gasteiger charge is -2.34. The van der Waals surface area contributed by atoms with E-state index in [0.29, 0.717) is 6.07 Å². The summed E-state index contributed by atoms with van der Waals surface area (Å²) in [7, 11) is -2.26. The summed E-state index contributed by atoms with van der Waals surface area (Å²) in [5.74, 6) is 0. The summed E-state index contributed by atoms with van der Waals surface area (Å²) >= 11 is 0. The minimum absolute atomic E-state index is 0.535. The molecule has 1 N–H and O–H groups in total. The fraction of sp³-hybridized carbons (Fsp3) is 0.333. The Bertz CT molecular complexity index is 455. The number of halogens is 6. The summed E-state index contributed by atoms with van der Waals surface area (Å²) in [4.78, 5) is 0. The lowest BCUT2D eigenvalue weighted by atomic mass is 9.78. The van der Waals surface area contributed by atoms with Crippen molar-refractivity contribution in [3.63, 3.8) is 0 Å². The van der Waals surface area contributed by atoms with Gasteiger partial charge in [0.2, 0.25) is 0 Å². The number of rotatable bonds is 0. The highest BCUT2D eigenvalue weighted by atomic mass is 19.4. The van der Waals surface area contributed by atoms with Gasteiger partial charge in [0.25, 0.3) is 5.60 Å². The summed E-state index contributed by atoms with van der Waals surface area (Å²) in [5.41, 5.74) is -6.14. The minimum atomic E-state index is -5.72. The average Bonchev–Trinajstić information content (AvgIpc) is 2.52. The van der Waals surface area contributed by atoms with Crippen LogP contribution in [-0.2, 0) is 10.3 Å². The fourth-order valence-electron chi connectivity index (χ4n) is 1.93. The SMILES string of the molecule is OB1OC(C(F)(F)F)(C(F)(F)F)c2ccccc21. The van der Waals surface area contributed by atoms with Crippen molar-refractivity contribution in [1.82, 2.24) is 0 Å². The Labute approximate surface area is 97.3 Å². The first-order valence-electron chi connectivity index (χ1n) is 4.70. The van der Waals surface area contributed by atoms with Crippen molar-refractivity contribution in [2.24, 2.45) is 0 Å². The molecule has 98 valence electrons. The van der Waals surface area contributed by atoms with Crippen LogP contribution in [0.4, 0.5) is 26.3 Å². The van der Waals surface area contributed by atoms with E-state index in [9.17, 15) is 31.4 Å². The highest BCUT2D eigenvalue weighted by molar-refractivity contribution is 6.62. The maximum absolute atomic E-state index is 12.8. The zero-order chi connectivity index (χ0) is 13.8. The molecule has 0 fully saturated rings. The highest BCUT2D eigenvalue weighted by Gasteiger charge is 2.77. The predicted octanol–water partition coefficient (Wildman–Crippen LogP) is 1.72. The summed E-state index contributed by atoms with van der Waals surface area (Å²) in [6.07, 6.45) is -11.4. The maximum Gasteiger partial charge on any atom is 0.492 e. The zero-order valence-corrected chi connectivity index (χ0v) is 8.51. The molecule has 1 aromatic rings. The van der Waals surface area contributed by atoms with Crippen molar-refractivity contribution in [1.29, 1.82) is 0 Å². The van der Waals surface area contributed by atoms with Gasteiger partial charge in [0.05, 0.1) is 0 Å². The van der Waals surface area contributed by atoms with Crippen LogP contribution in [-0.4, -0.2) is 24.5 Å². The van der Waals surface area contributed by atoms with E-state index in [1.54, 1.807) is 0 Å². The molecule has 0 amide bonds. The van der Waals surface area contributed by atoms with Gasteiger partial charge in [-0.05, 0) is 5.46 Å². The molecular formula is C9H5BF6O2. The second-order valence-electron chi connectivity index (χ2n) is 3.73. The molecule has 1 aliphatic heterocycles. The first-order valence-corrected chi connectivity index (χ1v) is 4.70. The molecule has 1 heterocycles. The summed E-state index contributed by atoms with van der Waals surface area (Å²) < 4.78 is 80.7. The molecule has 2 rings (SSSR count). The van der Waals surface area contributed by atoms with Crippen LogP contribution in [0.1, 0.15) is 5.56 Å². The predicted molar refractivity (Wildman–Crippen MR) is 48.9 cm³/mol. The molecule has 0 saturated carbocycles. The van der Waals surface area contributed by atoms with E-state index in [1.165, 1.54) is 6.07 Å². The topological polar surface area (TPSA) is 29.5 Å². The van der Waals surface area contributed by atoms with Gasteiger partial charge in [0.1, 0.15) is 0 Å². The van der Waals surface area contributed by atoms with E-state index in [4.69, 9.17) is 0 Å². The lowest BCUT2D eigenvalue weighted by Crippen LogP contribution is -2.54. The molecule has 18 heavy (non-hydrogen) atoms. The molecular weight excluding hydrogens is 265 g/mol. The Morgan fingerprint density at radius 3 is 2.00 bits per heavy atom. The Morgan fingerprint density at radius 2 is 1.50 bits per heavy atom. The third-order valence-electron chi connectivity index (χ3n) is 2.69. The second-order valence-corrected chi connectivity index (χ2v) is 3.73. The Balaban J connectivity index is 2.74. The summed E-state index contributed by atoms with van der Waals surface area (Å²) in [5, 5.41) is 9.22. The Morgan fingerprint density at radius 1 is 1.00 bits per heavy atom. The number of benzene rings is 1. The van der Waals surface area contributed by atoms with Gasteiger partial charge >= 0.3 is 19.5 Å². The number of fused-ring (bicyclic) bond motifs is 1. The van der Waals surface area contributed by atoms with Gasteiger partial charge in [0.15, 0.2) is 0 Å². The van der Waals surface area contributed by atoms with Gasteiger partial charge in [0, 0.05) is 5.56 Å². The van der Waals surface area contributed by atoms with Crippen molar-refractivity contribution in [2.75, 3.05) is 0 Å². The van der Waals surface area contributed by atoms with E-state index in [-0.39, 0.29) is 0 Å². The minimum Gasteiger partial charge on any atom is -0.423 e. The zero-order valence-electron chi connectivity index (χ0n) is 8.51. The number of hydrogen-bond donors (Lipinski definition) is 1. The molecule has 0 unspecified atom stereocenters. The summed E-state index contributed by atoms with van der Waals surface area (Å²) in [6, 6.07) is 3.84. The molecule has 0 saturated heterocycles. The Kier molecular flexibility index (Phi) is 2.67.